The summed E-state index contributed by atoms with van der Waals surface area (Å²) >= 11 is 0. The molecule has 1 saturated carbocycles. The molecule has 0 aromatic heterocycles. The zero-order chi connectivity index (χ0) is 15.4. The number of ether oxygens (including phenoxy) is 1. The Balaban J connectivity index is 2.17. The number of rotatable bonds is 4. The maximum atomic E-state index is 13.3. The molecule has 0 heterocycles. The largest absolute Gasteiger partial charge is 0.490 e. The summed E-state index contributed by atoms with van der Waals surface area (Å²) in [4.78, 5) is 10.6. The number of carboxylic acids is 1. The van der Waals surface area contributed by atoms with Gasteiger partial charge in [0.25, 0.3) is 0 Å². The van der Waals surface area contributed by atoms with E-state index < -0.39 is 11.8 Å². The molecule has 1 aliphatic carbocycles. The average Bonchev–Trinajstić information content (AvgIpc) is 2.37. The van der Waals surface area contributed by atoms with Crippen LogP contribution in [-0.2, 0) is 4.79 Å². The van der Waals surface area contributed by atoms with Crippen LogP contribution in [0.4, 0.5) is 4.39 Å². The number of halogens is 1. The maximum absolute atomic E-state index is 13.3. The van der Waals surface area contributed by atoms with Gasteiger partial charge in [0.1, 0.15) is 11.6 Å². The zero-order valence-corrected chi connectivity index (χ0v) is 12.4. The third kappa shape index (κ3) is 4.59. The minimum atomic E-state index is -1.06. The Morgan fingerprint density at radius 1 is 1.29 bits per heavy atom. The molecule has 1 fully saturated rings. The summed E-state index contributed by atoms with van der Waals surface area (Å²) in [5, 5.41) is 8.70. The van der Waals surface area contributed by atoms with Crippen molar-refractivity contribution < 1.29 is 19.0 Å². The second kappa shape index (κ2) is 6.74. The van der Waals surface area contributed by atoms with Gasteiger partial charge in [0.15, 0.2) is 0 Å². The Labute approximate surface area is 124 Å². The van der Waals surface area contributed by atoms with Crippen LogP contribution in [0.3, 0.4) is 0 Å². The van der Waals surface area contributed by atoms with Gasteiger partial charge >= 0.3 is 5.97 Å². The van der Waals surface area contributed by atoms with Gasteiger partial charge in [-0.2, -0.15) is 0 Å². The summed E-state index contributed by atoms with van der Waals surface area (Å²) in [5.74, 6) is 0.289. The van der Waals surface area contributed by atoms with Crippen LogP contribution in [-0.4, -0.2) is 17.2 Å². The average molecular weight is 292 g/mol. The van der Waals surface area contributed by atoms with Crippen molar-refractivity contribution in [1.82, 2.24) is 0 Å². The fourth-order valence-electron chi connectivity index (χ4n) is 3.07. The van der Waals surface area contributed by atoms with Gasteiger partial charge in [-0.1, -0.05) is 13.8 Å². The van der Waals surface area contributed by atoms with Crippen molar-refractivity contribution in [2.45, 2.75) is 39.2 Å². The van der Waals surface area contributed by atoms with E-state index in [2.05, 4.69) is 13.8 Å². The van der Waals surface area contributed by atoms with Crippen LogP contribution in [0.5, 0.6) is 5.75 Å². The first-order chi connectivity index (χ1) is 9.94. The standard InChI is InChI=1S/C17H21FO3/c1-11-7-12(2)9-15(8-11)21-16-5-4-14(18)10-13(16)3-6-17(19)20/h3-6,10-12,15H,7-9H2,1-2H3,(H,19,20)/b6-3+. The van der Waals surface area contributed by atoms with Crippen LogP contribution < -0.4 is 4.74 Å². The summed E-state index contributed by atoms with van der Waals surface area (Å²) in [6.07, 6.45) is 5.62. The Bertz CT molecular complexity index is 529. The van der Waals surface area contributed by atoms with Crippen LogP contribution in [0.1, 0.15) is 38.7 Å². The fraction of sp³-hybridized carbons (Fsp3) is 0.471. The number of aliphatic carboxylic acids is 1. The molecule has 114 valence electrons. The summed E-state index contributed by atoms with van der Waals surface area (Å²) in [6, 6.07) is 4.20. The van der Waals surface area contributed by atoms with E-state index in [0.717, 1.165) is 18.9 Å². The fourth-order valence-corrected chi connectivity index (χ4v) is 3.07. The number of benzene rings is 1. The minimum absolute atomic E-state index is 0.103. The van der Waals surface area contributed by atoms with E-state index in [9.17, 15) is 9.18 Å². The number of carbonyl (C=O) groups is 1. The van der Waals surface area contributed by atoms with E-state index in [1.807, 2.05) is 0 Å². The molecular formula is C17H21FO3. The van der Waals surface area contributed by atoms with Gasteiger partial charge in [0.2, 0.25) is 0 Å². The summed E-state index contributed by atoms with van der Waals surface area (Å²) < 4.78 is 19.3. The van der Waals surface area contributed by atoms with Crippen molar-refractivity contribution in [3.05, 3.63) is 35.7 Å². The van der Waals surface area contributed by atoms with E-state index in [-0.39, 0.29) is 6.10 Å². The van der Waals surface area contributed by atoms with E-state index in [0.29, 0.717) is 23.1 Å². The molecule has 0 radical (unpaired) electrons. The summed E-state index contributed by atoms with van der Waals surface area (Å²) in [6.45, 7) is 4.42. The first-order valence-corrected chi connectivity index (χ1v) is 7.31. The van der Waals surface area contributed by atoms with E-state index in [1.54, 1.807) is 6.07 Å². The molecule has 0 aliphatic heterocycles. The molecular weight excluding hydrogens is 271 g/mol. The minimum Gasteiger partial charge on any atom is -0.490 e. The first-order valence-electron chi connectivity index (χ1n) is 7.31. The monoisotopic (exact) mass is 292 g/mol. The lowest BCUT2D eigenvalue weighted by molar-refractivity contribution is -0.131. The van der Waals surface area contributed by atoms with Gasteiger partial charge in [-0.05, 0) is 55.4 Å². The molecule has 0 saturated heterocycles. The van der Waals surface area contributed by atoms with Gasteiger partial charge in [-0.15, -0.1) is 0 Å². The van der Waals surface area contributed by atoms with Crippen LogP contribution in [0.15, 0.2) is 24.3 Å². The lowest BCUT2D eigenvalue weighted by Crippen LogP contribution is -2.28. The molecule has 21 heavy (non-hydrogen) atoms. The van der Waals surface area contributed by atoms with E-state index in [4.69, 9.17) is 9.84 Å². The third-order valence-corrected chi connectivity index (χ3v) is 3.81. The molecule has 3 nitrogen and oxygen atoms in total. The molecule has 4 heteroatoms. The normalized spacial score (nSPS) is 26.0. The lowest BCUT2D eigenvalue weighted by Gasteiger charge is -2.32. The van der Waals surface area contributed by atoms with Crippen LogP contribution >= 0.6 is 0 Å². The topological polar surface area (TPSA) is 46.5 Å². The van der Waals surface area contributed by atoms with Gasteiger partial charge < -0.3 is 9.84 Å². The SMILES string of the molecule is CC1CC(C)CC(Oc2ccc(F)cc2/C=C/C(=O)O)C1. The van der Waals surface area contributed by atoms with Gasteiger partial charge in [0.05, 0.1) is 6.10 Å². The van der Waals surface area contributed by atoms with Crippen molar-refractivity contribution in [3.63, 3.8) is 0 Å². The Morgan fingerprint density at radius 2 is 1.95 bits per heavy atom. The highest BCUT2D eigenvalue weighted by Gasteiger charge is 2.25. The van der Waals surface area contributed by atoms with Gasteiger partial charge in [-0.25, -0.2) is 9.18 Å². The predicted molar refractivity (Wildman–Crippen MR) is 79.7 cm³/mol. The molecule has 0 amide bonds. The smallest absolute Gasteiger partial charge is 0.328 e. The second-order valence-corrected chi connectivity index (χ2v) is 6.01. The van der Waals surface area contributed by atoms with Crippen molar-refractivity contribution in [1.29, 1.82) is 0 Å². The third-order valence-electron chi connectivity index (χ3n) is 3.81. The van der Waals surface area contributed by atoms with Crippen molar-refractivity contribution in [3.8, 4) is 5.75 Å². The summed E-state index contributed by atoms with van der Waals surface area (Å²) in [5.41, 5.74) is 0.461. The van der Waals surface area contributed by atoms with E-state index in [1.165, 1.54) is 24.6 Å². The zero-order valence-electron chi connectivity index (χ0n) is 12.4. The van der Waals surface area contributed by atoms with Gasteiger partial charge in [0, 0.05) is 11.6 Å². The number of hydrogen-bond donors (Lipinski definition) is 1. The maximum Gasteiger partial charge on any atom is 0.328 e. The molecule has 1 N–H and O–H groups in total. The molecule has 2 unspecified atom stereocenters. The Morgan fingerprint density at radius 3 is 2.57 bits per heavy atom. The van der Waals surface area contributed by atoms with Gasteiger partial charge in [-0.3, -0.25) is 0 Å². The first kappa shape index (κ1) is 15.5. The molecule has 1 aliphatic rings. The quantitative estimate of drug-likeness (QED) is 0.849. The Hall–Kier alpha value is -1.84. The van der Waals surface area contributed by atoms with Crippen molar-refractivity contribution in [2.75, 3.05) is 0 Å². The van der Waals surface area contributed by atoms with Crippen LogP contribution in [0.2, 0.25) is 0 Å². The molecule has 1 aromatic carbocycles. The lowest BCUT2D eigenvalue weighted by atomic mass is 9.82. The van der Waals surface area contributed by atoms with E-state index >= 15 is 0 Å². The predicted octanol–water partition coefficient (Wildman–Crippen LogP) is 4.13. The molecule has 2 rings (SSSR count). The second-order valence-electron chi connectivity index (χ2n) is 6.01. The van der Waals surface area contributed by atoms with Crippen LogP contribution in [0.25, 0.3) is 6.08 Å². The number of hydrogen-bond acceptors (Lipinski definition) is 2. The molecule has 0 bridgehead atoms. The molecule has 2 atom stereocenters. The number of carboxylic acid groups (broad SMARTS) is 1. The van der Waals surface area contributed by atoms with Crippen LogP contribution in [0, 0.1) is 17.7 Å². The molecule has 1 aromatic rings. The Kier molecular flexibility index (Phi) is 4.99. The highest BCUT2D eigenvalue weighted by atomic mass is 19.1. The highest BCUT2D eigenvalue weighted by molar-refractivity contribution is 5.85. The highest BCUT2D eigenvalue weighted by Crippen LogP contribution is 2.32. The van der Waals surface area contributed by atoms with Crippen molar-refractivity contribution in [2.24, 2.45) is 11.8 Å². The molecule has 0 spiro atoms. The summed E-state index contributed by atoms with van der Waals surface area (Å²) in [7, 11) is 0. The van der Waals surface area contributed by atoms with Crippen molar-refractivity contribution >= 4 is 12.0 Å².